The Kier molecular flexibility index (Phi) is 4.65. The van der Waals surface area contributed by atoms with Crippen LogP contribution in [0.3, 0.4) is 0 Å². The van der Waals surface area contributed by atoms with Gasteiger partial charge in [-0.2, -0.15) is 0 Å². The van der Waals surface area contributed by atoms with Gasteiger partial charge in [0.15, 0.2) is 0 Å². The maximum Gasteiger partial charge on any atom is 0.308 e. The van der Waals surface area contributed by atoms with Crippen LogP contribution in [0.1, 0.15) is 19.3 Å². The lowest BCUT2D eigenvalue weighted by molar-refractivity contribution is -0.156. The fourth-order valence-electron chi connectivity index (χ4n) is 5.27. The number of rotatable bonds is 3. The Morgan fingerprint density at radius 1 is 1.07 bits per heavy atom. The number of amides is 1. The van der Waals surface area contributed by atoms with Crippen LogP contribution in [0.4, 0.5) is 5.82 Å². The smallest absolute Gasteiger partial charge is 0.308 e. The molecule has 2 atom stereocenters. The molecule has 3 aliphatic rings. The molecule has 1 N–H and O–H groups in total. The largest absolute Gasteiger partial charge is 0.481 e. The van der Waals surface area contributed by atoms with E-state index >= 15 is 0 Å². The van der Waals surface area contributed by atoms with Crippen molar-refractivity contribution in [3.63, 3.8) is 0 Å². The number of piperazine rings is 1. The number of carboxylic acid groups (broad SMARTS) is 1. The van der Waals surface area contributed by atoms with Crippen LogP contribution in [0.2, 0.25) is 0 Å². The van der Waals surface area contributed by atoms with E-state index in [2.05, 4.69) is 11.0 Å². The van der Waals surface area contributed by atoms with Crippen molar-refractivity contribution in [2.24, 2.45) is 11.3 Å². The molecule has 1 aliphatic carbocycles. The number of likely N-dealkylation sites (tertiary alicyclic amines) is 1. The number of carboxylic acids is 1. The van der Waals surface area contributed by atoms with Crippen molar-refractivity contribution < 1.29 is 14.7 Å². The Bertz CT molecular complexity index is 981. The molecule has 158 valence electrons. The summed E-state index contributed by atoms with van der Waals surface area (Å²) < 4.78 is 0. The summed E-state index contributed by atoms with van der Waals surface area (Å²) in [6.45, 7) is 3.42. The number of piperidine rings is 1. The molecular formula is C23H28N4O3. The summed E-state index contributed by atoms with van der Waals surface area (Å²) in [5.74, 6) is -0.565. The second kappa shape index (κ2) is 7.23. The minimum atomic E-state index is -0.842. The van der Waals surface area contributed by atoms with E-state index in [0.29, 0.717) is 32.6 Å². The first-order valence-corrected chi connectivity index (χ1v) is 10.8. The third kappa shape index (κ3) is 3.41. The second-order valence-electron chi connectivity index (χ2n) is 9.18. The number of aliphatic carboxylic acids is 1. The van der Waals surface area contributed by atoms with E-state index in [1.54, 1.807) is 0 Å². The number of carbonyl (C=O) groups excluding carboxylic acids is 1. The lowest BCUT2D eigenvalue weighted by Crippen LogP contribution is -2.60. The molecule has 1 amide bonds. The Labute approximate surface area is 176 Å². The van der Waals surface area contributed by atoms with Gasteiger partial charge in [-0.3, -0.25) is 14.5 Å². The third-order valence-electron chi connectivity index (χ3n) is 7.12. The van der Waals surface area contributed by atoms with E-state index in [1.165, 1.54) is 0 Å². The molecule has 7 nitrogen and oxygen atoms in total. The summed E-state index contributed by atoms with van der Waals surface area (Å²) in [4.78, 5) is 36.1. The van der Waals surface area contributed by atoms with Crippen molar-refractivity contribution >= 4 is 28.6 Å². The summed E-state index contributed by atoms with van der Waals surface area (Å²) >= 11 is 0. The van der Waals surface area contributed by atoms with Crippen LogP contribution in [-0.2, 0) is 9.59 Å². The van der Waals surface area contributed by atoms with Gasteiger partial charge in [0.25, 0.3) is 0 Å². The lowest BCUT2D eigenvalue weighted by Gasteiger charge is -2.44. The summed E-state index contributed by atoms with van der Waals surface area (Å²) in [5, 5.41) is 10.9. The second-order valence-corrected chi connectivity index (χ2v) is 9.18. The van der Waals surface area contributed by atoms with Crippen molar-refractivity contribution in [2.75, 3.05) is 44.7 Å². The van der Waals surface area contributed by atoms with Gasteiger partial charge in [-0.1, -0.05) is 18.2 Å². The van der Waals surface area contributed by atoms with E-state index in [9.17, 15) is 14.7 Å². The number of anilines is 1. The minimum absolute atomic E-state index is 0.0356. The van der Waals surface area contributed by atoms with Gasteiger partial charge in [-0.15, -0.1) is 0 Å². The highest BCUT2D eigenvalue weighted by Gasteiger charge is 2.55. The summed E-state index contributed by atoms with van der Waals surface area (Å²) in [5.41, 5.74) is 1.10. The molecule has 2 saturated heterocycles. The van der Waals surface area contributed by atoms with Gasteiger partial charge in [0.05, 0.1) is 11.4 Å². The third-order valence-corrected chi connectivity index (χ3v) is 7.12. The van der Waals surface area contributed by atoms with E-state index < -0.39 is 17.9 Å². The normalized spacial score (nSPS) is 26.2. The molecule has 3 heterocycles. The number of benzene rings is 1. The number of pyridine rings is 1. The molecule has 1 aromatic heterocycles. The standard InChI is InChI=1S/C23H28N4O3/c1-25-15-23(8-9-23)14-17(22(29)30)20(25)21(28)27-12-10-26(11-13-27)19-7-6-16-4-2-3-5-18(16)24-19/h2-7,17,20H,8-15H2,1H3,(H,29,30). The highest BCUT2D eigenvalue weighted by Crippen LogP contribution is 2.54. The molecule has 0 radical (unpaired) electrons. The Hall–Kier alpha value is -2.67. The van der Waals surface area contributed by atoms with Crippen LogP contribution in [-0.4, -0.2) is 77.6 Å². The Morgan fingerprint density at radius 3 is 2.50 bits per heavy atom. The van der Waals surface area contributed by atoms with Crippen LogP contribution in [0.25, 0.3) is 10.9 Å². The number of para-hydroxylation sites is 1. The number of nitrogens with zero attached hydrogens (tertiary/aromatic N) is 4. The molecule has 30 heavy (non-hydrogen) atoms. The molecule has 1 saturated carbocycles. The van der Waals surface area contributed by atoms with Gasteiger partial charge in [0.1, 0.15) is 11.9 Å². The zero-order valence-electron chi connectivity index (χ0n) is 17.3. The average Bonchev–Trinajstić information content (AvgIpc) is 3.50. The molecule has 3 fully saturated rings. The SMILES string of the molecule is CN1CC2(CC2)CC(C(=O)O)C1C(=O)N1CCN(c2ccc3ccccc3n2)CC1. The fraction of sp³-hybridized carbons (Fsp3) is 0.522. The Balaban J connectivity index is 1.27. The highest BCUT2D eigenvalue weighted by atomic mass is 16.4. The highest BCUT2D eigenvalue weighted by molar-refractivity contribution is 5.88. The number of likely N-dealkylation sites (N-methyl/N-ethyl adjacent to an activating group) is 1. The molecule has 2 aliphatic heterocycles. The number of hydrogen-bond donors (Lipinski definition) is 1. The average molecular weight is 409 g/mol. The molecule has 0 bridgehead atoms. The number of fused-ring (bicyclic) bond motifs is 1. The maximum absolute atomic E-state index is 13.3. The van der Waals surface area contributed by atoms with Gasteiger partial charge >= 0.3 is 5.97 Å². The molecule has 2 unspecified atom stereocenters. The topological polar surface area (TPSA) is 77.0 Å². The van der Waals surface area contributed by atoms with Crippen LogP contribution in [0, 0.1) is 11.3 Å². The number of carbonyl (C=O) groups is 2. The van der Waals surface area contributed by atoms with Crippen molar-refractivity contribution in [1.29, 1.82) is 0 Å². The van der Waals surface area contributed by atoms with Gasteiger partial charge in [0.2, 0.25) is 5.91 Å². The molecule has 7 heteroatoms. The first-order valence-electron chi connectivity index (χ1n) is 10.8. The van der Waals surface area contributed by atoms with E-state index in [-0.39, 0.29) is 11.3 Å². The summed E-state index contributed by atoms with van der Waals surface area (Å²) in [7, 11) is 1.91. The van der Waals surface area contributed by atoms with Crippen LogP contribution in [0.5, 0.6) is 0 Å². The molecular weight excluding hydrogens is 380 g/mol. The predicted molar refractivity (Wildman–Crippen MR) is 114 cm³/mol. The molecule has 2 aromatic rings. The van der Waals surface area contributed by atoms with Gasteiger partial charge in [-0.05, 0) is 49.9 Å². The predicted octanol–water partition coefficient (Wildman–Crippen LogP) is 2.07. The minimum Gasteiger partial charge on any atom is -0.481 e. The van der Waals surface area contributed by atoms with Crippen LogP contribution < -0.4 is 4.90 Å². The van der Waals surface area contributed by atoms with Crippen molar-refractivity contribution in [1.82, 2.24) is 14.8 Å². The van der Waals surface area contributed by atoms with Gasteiger partial charge in [0, 0.05) is 38.1 Å². The maximum atomic E-state index is 13.3. The van der Waals surface area contributed by atoms with Crippen molar-refractivity contribution in [2.45, 2.75) is 25.3 Å². The fourth-order valence-corrected chi connectivity index (χ4v) is 5.27. The van der Waals surface area contributed by atoms with E-state index in [0.717, 1.165) is 36.1 Å². The lowest BCUT2D eigenvalue weighted by atomic mass is 9.80. The van der Waals surface area contributed by atoms with Crippen LogP contribution >= 0.6 is 0 Å². The van der Waals surface area contributed by atoms with E-state index in [4.69, 9.17) is 4.98 Å². The van der Waals surface area contributed by atoms with Gasteiger partial charge < -0.3 is 14.9 Å². The van der Waals surface area contributed by atoms with Crippen molar-refractivity contribution in [3.05, 3.63) is 36.4 Å². The van der Waals surface area contributed by atoms with Crippen LogP contribution in [0.15, 0.2) is 36.4 Å². The number of hydrogen-bond acceptors (Lipinski definition) is 5. The quantitative estimate of drug-likeness (QED) is 0.838. The molecule has 5 rings (SSSR count). The summed E-state index contributed by atoms with van der Waals surface area (Å²) in [6, 6.07) is 11.6. The van der Waals surface area contributed by atoms with Crippen molar-refractivity contribution in [3.8, 4) is 0 Å². The number of aromatic nitrogens is 1. The zero-order chi connectivity index (χ0) is 20.9. The molecule has 1 spiro atoms. The first kappa shape index (κ1) is 19.3. The van der Waals surface area contributed by atoms with E-state index in [1.807, 2.05) is 47.2 Å². The molecule has 1 aromatic carbocycles. The summed E-state index contributed by atoms with van der Waals surface area (Å²) in [6.07, 6.45) is 2.79. The zero-order valence-corrected chi connectivity index (χ0v) is 17.3. The van der Waals surface area contributed by atoms with Gasteiger partial charge in [-0.25, -0.2) is 4.98 Å². The monoisotopic (exact) mass is 408 g/mol. The first-order chi connectivity index (χ1) is 14.5. The Morgan fingerprint density at radius 2 is 1.80 bits per heavy atom.